The summed E-state index contributed by atoms with van der Waals surface area (Å²) in [5.74, 6) is 0.309. The number of likely N-dealkylation sites (tertiary alicyclic amines) is 1. The van der Waals surface area contributed by atoms with Crippen molar-refractivity contribution >= 4 is 27.7 Å². The number of allylic oxidation sites excluding steroid dienone is 2. The highest BCUT2D eigenvalue weighted by molar-refractivity contribution is 9.10. The van der Waals surface area contributed by atoms with Crippen molar-refractivity contribution in [3.05, 3.63) is 40.9 Å². The van der Waals surface area contributed by atoms with Crippen molar-refractivity contribution in [3.8, 4) is 5.75 Å². The van der Waals surface area contributed by atoms with Gasteiger partial charge in [-0.15, -0.1) is 0 Å². The molecule has 21 heavy (non-hydrogen) atoms. The molecule has 0 N–H and O–H groups in total. The first kappa shape index (κ1) is 14.3. The predicted octanol–water partition coefficient (Wildman–Crippen LogP) is 2.78. The number of halogens is 1. The van der Waals surface area contributed by atoms with E-state index in [-0.39, 0.29) is 23.7 Å². The molecule has 1 aromatic carbocycles. The molecule has 1 aliphatic carbocycles. The molecule has 1 saturated heterocycles. The first-order valence-electron chi connectivity index (χ1n) is 7.05. The van der Waals surface area contributed by atoms with Crippen molar-refractivity contribution in [2.75, 3.05) is 13.2 Å². The average Bonchev–Trinajstić information content (AvgIpc) is 2.73. The van der Waals surface area contributed by atoms with E-state index in [0.717, 1.165) is 10.2 Å². The minimum Gasteiger partial charge on any atom is -0.492 e. The normalized spacial score (nSPS) is 24.3. The monoisotopic (exact) mass is 349 g/mol. The molecule has 0 saturated carbocycles. The van der Waals surface area contributed by atoms with E-state index in [0.29, 0.717) is 26.0 Å². The third-order valence-electron chi connectivity index (χ3n) is 3.98. The summed E-state index contributed by atoms with van der Waals surface area (Å²) >= 11 is 3.38. The maximum absolute atomic E-state index is 12.3. The minimum absolute atomic E-state index is 0.0489. The van der Waals surface area contributed by atoms with Crippen LogP contribution >= 0.6 is 15.9 Å². The van der Waals surface area contributed by atoms with Crippen LogP contribution in [0.4, 0.5) is 0 Å². The zero-order chi connectivity index (χ0) is 14.8. The molecule has 3 rings (SSSR count). The quantitative estimate of drug-likeness (QED) is 0.620. The minimum atomic E-state index is -0.159. The van der Waals surface area contributed by atoms with Crippen LogP contribution in [0.25, 0.3) is 0 Å². The van der Waals surface area contributed by atoms with E-state index < -0.39 is 0 Å². The van der Waals surface area contributed by atoms with Crippen molar-refractivity contribution in [2.24, 2.45) is 11.8 Å². The molecule has 2 unspecified atom stereocenters. The Morgan fingerprint density at radius 2 is 1.81 bits per heavy atom. The second-order valence-electron chi connectivity index (χ2n) is 5.29. The zero-order valence-electron chi connectivity index (χ0n) is 11.5. The number of rotatable bonds is 4. The molecule has 2 atom stereocenters. The van der Waals surface area contributed by atoms with Crippen molar-refractivity contribution < 1.29 is 14.3 Å². The van der Waals surface area contributed by atoms with E-state index in [1.165, 1.54) is 4.90 Å². The third-order valence-corrected chi connectivity index (χ3v) is 4.47. The number of hydrogen-bond donors (Lipinski definition) is 0. The van der Waals surface area contributed by atoms with Crippen molar-refractivity contribution in [3.63, 3.8) is 0 Å². The number of hydrogen-bond acceptors (Lipinski definition) is 3. The van der Waals surface area contributed by atoms with Crippen LogP contribution in [-0.2, 0) is 9.59 Å². The Hall–Kier alpha value is -1.62. The van der Waals surface area contributed by atoms with Crippen LogP contribution in [0.1, 0.15) is 12.8 Å². The summed E-state index contributed by atoms with van der Waals surface area (Å²) in [6.07, 6.45) is 5.35. The highest BCUT2D eigenvalue weighted by atomic mass is 79.9. The number of nitrogens with zero attached hydrogens (tertiary/aromatic N) is 1. The largest absolute Gasteiger partial charge is 0.492 e. The van der Waals surface area contributed by atoms with Gasteiger partial charge in [-0.3, -0.25) is 14.5 Å². The molecule has 110 valence electrons. The van der Waals surface area contributed by atoms with Crippen molar-refractivity contribution in [1.29, 1.82) is 0 Å². The Morgan fingerprint density at radius 1 is 1.14 bits per heavy atom. The summed E-state index contributed by atoms with van der Waals surface area (Å²) in [4.78, 5) is 25.9. The first-order chi connectivity index (χ1) is 10.2. The van der Waals surface area contributed by atoms with Gasteiger partial charge in [0.2, 0.25) is 11.8 Å². The average molecular weight is 350 g/mol. The van der Waals surface area contributed by atoms with Crippen LogP contribution in [0.3, 0.4) is 0 Å². The standard InChI is InChI=1S/C16H16BrNO3/c17-11-4-3-5-12(10-11)21-9-8-18-15(19)13-6-1-2-7-14(13)16(18)20/h1-5,10,13-14H,6-9H2. The van der Waals surface area contributed by atoms with E-state index in [1.54, 1.807) is 0 Å². The third kappa shape index (κ3) is 2.88. The molecular formula is C16H16BrNO3. The smallest absolute Gasteiger partial charge is 0.233 e. The molecule has 0 radical (unpaired) electrons. The van der Waals surface area contributed by atoms with Gasteiger partial charge in [0.15, 0.2) is 0 Å². The SMILES string of the molecule is O=C1C2CC=CCC2C(=O)N1CCOc1cccc(Br)c1. The van der Waals surface area contributed by atoms with E-state index >= 15 is 0 Å². The molecule has 1 aromatic rings. The highest BCUT2D eigenvalue weighted by Gasteiger charge is 2.46. The van der Waals surface area contributed by atoms with Gasteiger partial charge in [-0.25, -0.2) is 0 Å². The first-order valence-corrected chi connectivity index (χ1v) is 7.84. The van der Waals surface area contributed by atoms with Crippen LogP contribution in [0.2, 0.25) is 0 Å². The van der Waals surface area contributed by atoms with Crippen LogP contribution in [0.5, 0.6) is 5.75 Å². The number of benzene rings is 1. The van der Waals surface area contributed by atoms with Gasteiger partial charge in [-0.05, 0) is 31.0 Å². The topological polar surface area (TPSA) is 46.6 Å². The number of ether oxygens (including phenoxy) is 1. The molecule has 1 fully saturated rings. The van der Waals surface area contributed by atoms with Gasteiger partial charge in [0, 0.05) is 4.47 Å². The number of fused-ring (bicyclic) bond motifs is 1. The summed E-state index contributed by atoms with van der Waals surface area (Å²) in [6, 6.07) is 7.50. The molecule has 0 bridgehead atoms. The second kappa shape index (κ2) is 6.02. The van der Waals surface area contributed by atoms with Gasteiger partial charge >= 0.3 is 0 Å². The van der Waals surface area contributed by atoms with E-state index in [4.69, 9.17) is 4.74 Å². The summed E-state index contributed by atoms with van der Waals surface area (Å²) in [5.41, 5.74) is 0. The molecule has 0 spiro atoms. The fourth-order valence-corrected chi connectivity index (χ4v) is 3.28. The maximum atomic E-state index is 12.3. The van der Waals surface area contributed by atoms with Gasteiger partial charge < -0.3 is 4.74 Å². The van der Waals surface area contributed by atoms with Gasteiger partial charge in [0.1, 0.15) is 12.4 Å². The van der Waals surface area contributed by atoms with Gasteiger partial charge in [-0.2, -0.15) is 0 Å². The molecule has 1 aliphatic heterocycles. The number of amides is 2. The Balaban J connectivity index is 1.58. The lowest BCUT2D eigenvalue weighted by Crippen LogP contribution is -2.34. The van der Waals surface area contributed by atoms with Crippen LogP contribution in [-0.4, -0.2) is 29.9 Å². The number of carbonyl (C=O) groups is 2. The summed E-state index contributed by atoms with van der Waals surface area (Å²) in [7, 11) is 0. The lowest BCUT2D eigenvalue weighted by molar-refractivity contribution is -0.140. The Labute approximate surface area is 131 Å². The summed E-state index contributed by atoms with van der Waals surface area (Å²) in [6.45, 7) is 0.637. The molecule has 1 heterocycles. The molecule has 5 heteroatoms. The molecule has 4 nitrogen and oxygen atoms in total. The number of carbonyl (C=O) groups excluding carboxylic acids is 2. The molecule has 0 aromatic heterocycles. The Morgan fingerprint density at radius 3 is 2.43 bits per heavy atom. The van der Waals surface area contributed by atoms with Gasteiger partial charge in [0.25, 0.3) is 0 Å². The fourth-order valence-electron chi connectivity index (χ4n) is 2.90. The fraction of sp³-hybridized carbons (Fsp3) is 0.375. The van der Waals surface area contributed by atoms with Gasteiger partial charge in [-0.1, -0.05) is 34.1 Å². The van der Waals surface area contributed by atoms with E-state index in [1.807, 2.05) is 36.4 Å². The van der Waals surface area contributed by atoms with Crippen LogP contribution in [0.15, 0.2) is 40.9 Å². The predicted molar refractivity (Wildman–Crippen MR) is 81.7 cm³/mol. The molecule has 2 aliphatic rings. The Bertz CT molecular complexity index is 573. The Kier molecular flexibility index (Phi) is 4.10. The van der Waals surface area contributed by atoms with Crippen LogP contribution in [0, 0.1) is 11.8 Å². The van der Waals surface area contributed by atoms with E-state index in [2.05, 4.69) is 15.9 Å². The summed E-state index contributed by atoms with van der Waals surface area (Å²) < 4.78 is 6.54. The maximum Gasteiger partial charge on any atom is 0.233 e. The highest BCUT2D eigenvalue weighted by Crippen LogP contribution is 2.34. The lowest BCUT2D eigenvalue weighted by Gasteiger charge is -2.15. The van der Waals surface area contributed by atoms with Crippen LogP contribution < -0.4 is 4.74 Å². The zero-order valence-corrected chi connectivity index (χ0v) is 13.1. The molecular weight excluding hydrogens is 334 g/mol. The second-order valence-corrected chi connectivity index (χ2v) is 6.21. The lowest BCUT2D eigenvalue weighted by atomic mass is 9.85. The van der Waals surface area contributed by atoms with Crippen molar-refractivity contribution in [2.45, 2.75) is 12.8 Å². The number of imide groups is 1. The van der Waals surface area contributed by atoms with Crippen molar-refractivity contribution in [1.82, 2.24) is 4.90 Å². The molecule has 2 amide bonds. The van der Waals surface area contributed by atoms with Gasteiger partial charge in [0.05, 0.1) is 18.4 Å². The van der Waals surface area contributed by atoms with E-state index in [9.17, 15) is 9.59 Å². The summed E-state index contributed by atoms with van der Waals surface area (Å²) in [5, 5.41) is 0.